The summed E-state index contributed by atoms with van der Waals surface area (Å²) >= 11 is 0. The number of rotatable bonds is 6. The molecule has 110 valence electrons. The molecule has 0 spiro atoms. The average Bonchev–Trinajstić information content (AvgIpc) is 3.04. The molecule has 0 atom stereocenters. The van der Waals surface area contributed by atoms with E-state index in [0.717, 1.165) is 24.1 Å². The quantitative estimate of drug-likeness (QED) is 0.879. The van der Waals surface area contributed by atoms with Crippen LogP contribution in [0, 0.1) is 0 Å². The van der Waals surface area contributed by atoms with E-state index in [4.69, 9.17) is 9.15 Å². The minimum atomic E-state index is 0.502. The van der Waals surface area contributed by atoms with Gasteiger partial charge in [-0.1, -0.05) is 6.07 Å². The minimum Gasteiger partial charge on any atom is -0.486 e. The van der Waals surface area contributed by atoms with E-state index in [1.165, 1.54) is 48.8 Å². The zero-order valence-electron chi connectivity index (χ0n) is 12.2. The lowest BCUT2D eigenvalue weighted by Gasteiger charge is -2.06. The maximum Gasteiger partial charge on any atom is 0.146 e. The van der Waals surface area contributed by atoms with Crippen LogP contribution in [-0.2, 0) is 26.0 Å². The zero-order valence-corrected chi connectivity index (χ0v) is 12.2. The summed E-state index contributed by atoms with van der Waals surface area (Å²) in [4.78, 5) is 0. The third-order valence-corrected chi connectivity index (χ3v) is 4.33. The van der Waals surface area contributed by atoms with Crippen LogP contribution in [0.15, 0.2) is 34.9 Å². The van der Waals surface area contributed by atoms with E-state index in [-0.39, 0.29) is 0 Å². The second kappa shape index (κ2) is 5.57. The van der Waals surface area contributed by atoms with Crippen LogP contribution in [0.4, 0.5) is 0 Å². The highest BCUT2D eigenvalue weighted by Gasteiger charge is 2.20. The molecule has 3 heteroatoms. The van der Waals surface area contributed by atoms with Gasteiger partial charge in [-0.2, -0.15) is 0 Å². The maximum atomic E-state index is 5.85. The minimum absolute atomic E-state index is 0.502. The second-order valence-corrected chi connectivity index (χ2v) is 6.15. The highest BCUT2D eigenvalue weighted by molar-refractivity contribution is 5.38. The molecule has 21 heavy (non-hydrogen) atoms. The summed E-state index contributed by atoms with van der Waals surface area (Å²) in [5.41, 5.74) is 4.13. The molecule has 0 bridgehead atoms. The molecule has 1 heterocycles. The van der Waals surface area contributed by atoms with Crippen molar-refractivity contribution < 1.29 is 9.15 Å². The Morgan fingerprint density at radius 3 is 2.95 bits per heavy atom. The largest absolute Gasteiger partial charge is 0.486 e. The number of furan rings is 1. The molecule has 2 aliphatic rings. The van der Waals surface area contributed by atoms with Crippen molar-refractivity contribution in [3.8, 4) is 5.75 Å². The summed E-state index contributed by atoms with van der Waals surface area (Å²) in [6, 6.07) is 9.27. The van der Waals surface area contributed by atoms with E-state index in [2.05, 4.69) is 29.6 Å². The average molecular weight is 283 g/mol. The lowest BCUT2D eigenvalue weighted by molar-refractivity contribution is 0.270. The number of aryl methyl sites for hydroxylation is 2. The van der Waals surface area contributed by atoms with E-state index < -0.39 is 0 Å². The van der Waals surface area contributed by atoms with Gasteiger partial charge in [0.2, 0.25) is 0 Å². The van der Waals surface area contributed by atoms with Gasteiger partial charge in [-0.15, -0.1) is 0 Å². The molecule has 1 aromatic heterocycles. The first-order chi connectivity index (χ1) is 10.4. The van der Waals surface area contributed by atoms with Crippen LogP contribution in [0.1, 0.15) is 41.7 Å². The van der Waals surface area contributed by atoms with Crippen LogP contribution >= 0.6 is 0 Å². The predicted octanol–water partition coefficient (Wildman–Crippen LogP) is 3.60. The van der Waals surface area contributed by atoms with Crippen LogP contribution < -0.4 is 10.1 Å². The van der Waals surface area contributed by atoms with Crippen molar-refractivity contribution in [1.82, 2.24) is 5.32 Å². The number of nitrogens with one attached hydrogen (secondary N) is 1. The van der Waals surface area contributed by atoms with Crippen LogP contribution in [0.25, 0.3) is 0 Å². The van der Waals surface area contributed by atoms with Crippen molar-refractivity contribution in [1.29, 1.82) is 0 Å². The Morgan fingerprint density at radius 2 is 2.05 bits per heavy atom. The first-order valence-corrected chi connectivity index (χ1v) is 7.91. The molecule has 1 aromatic carbocycles. The zero-order chi connectivity index (χ0) is 14.1. The Morgan fingerprint density at radius 1 is 1.14 bits per heavy atom. The summed E-state index contributed by atoms with van der Waals surface area (Å²) < 4.78 is 11.4. The highest BCUT2D eigenvalue weighted by atomic mass is 16.5. The van der Waals surface area contributed by atoms with Crippen molar-refractivity contribution in [2.24, 2.45) is 0 Å². The molecule has 0 unspecified atom stereocenters. The third kappa shape index (κ3) is 3.13. The van der Waals surface area contributed by atoms with Gasteiger partial charge in [-0.25, -0.2) is 0 Å². The Balaban J connectivity index is 1.33. The van der Waals surface area contributed by atoms with Crippen molar-refractivity contribution in [2.45, 2.75) is 51.3 Å². The summed E-state index contributed by atoms with van der Waals surface area (Å²) in [7, 11) is 0. The smallest absolute Gasteiger partial charge is 0.146 e. The van der Waals surface area contributed by atoms with Gasteiger partial charge in [0.15, 0.2) is 0 Å². The van der Waals surface area contributed by atoms with Gasteiger partial charge in [-0.3, -0.25) is 0 Å². The Kier molecular flexibility index (Phi) is 3.44. The Hall–Kier alpha value is -1.74. The molecular weight excluding hydrogens is 262 g/mol. The molecule has 1 saturated carbocycles. The molecule has 3 nitrogen and oxygen atoms in total. The topological polar surface area (TPSA) is 34.4 Å². The SMILES string of the molecule is c1oc(COc2ccc3c(c2)CCC3)cc1CNC1CC1. The van der Waals surface area contributed by atoms with Crippen molar-refractivity contribution in [3.05, 3.63) is 53.0 Å². The van der Waals surface area contributed by atoms with Crippen molar-refractivity contribution in [2.75, 3.05) is 0 Å². The van der Waals surface area contributed by atoms with E-state index >= 15 is 0 Å². The molecule has 0 radical (unpaired) electrons. The van der Waals surface area contributed by atoms with E-state index in [1.807, 2.05) is 6.26 Å². The normalized spacial score (nSPS) is 17.0. The van der Waals surface area contributed by atoms with Gasteiger partial charge in [-0.05, 0) is 61.4 Å². The highest BCUT2D eigenvalue weighted by Crippen LogP contribution is 2.26. The monoisotopic (exact) mass is 283 g/mol. The molecular formula is C18H21NO2. The number of hydrogen-bond donors (Lipinski definition) is 1. The molecule has 0 amide bonds. The fourth-order valence-electron chi connectivity index (χ4n) is 2.94. The van der Waals surface area contributed by atoms with Gasteiger partial charge in [0.25, 0.3) is 0 Å². The van der Waals surface area contributed by atoms with Crippen molar-refractivity contribution >= 4 is 0 Å². The first kappa shape index (κ1) is 13.0. The molecule has 2 aliphatic carbocycles. The van der Waals surface area contributed by atoms with Gasteiger partial charge >= 0.3 is 0 Å². The summed E-state index contributed by atoms with van der Waals surface area (Å²) in [6.07, 6.45) is 8.12. The molecule has 1 fully saturated rings. The van der Waals surface area contributed by atoms with Crippen LogP contribution in [0.5, 0.6) is 5.75 Å². The molecule has 0 saturated heterocycles. The molecule has 4 rings (SSSR count). The van der Waals surface area contributed by atoms with Crippen LogP contribution in [0.2, 0.25) is 0 Å². The lowest BCUT2D eigenvalue weighted by atomic mass is 10.1. The van der Waals surface area contributed by atoms with Gasteiger partial charge in [0.05, 0.1) is 6.26 Å². The van der Waals surface area contributed by atoms with E-state index in [9.17, 15) is 0 Å². The van der Waals surface area contributed by atoms with Gasteiger partial charge < -0.3 is 14.5 Å². The Labute approximate surface area is 125 Å². The second-order valence-electron chi connectivity index (χ2n) is 6.15. The summed E-state index contributed by atoms with van der Waals surface area (Å²) in [5, 5.41) is 3.49. The molecule has 1 N–H and O–H groups in total. The number of benzene rings is 1. The van der Waals surface area contributed by atoms with Crippen molar-refractivity contribution in [3.63, 3.8) is 0 Å². The van der Waals surface area contributed by atoms with Crippen LogP contribution in [-0.4, -0.2) is 6.04 Å². The third-order valence-electron chi connectivity index (χ3n) is 4.33. The fourth-order valence-corrected chi connectivity index (χ4v) is 2.94. The summed E-state index contributed by atoms with van der Waals surface area (Å²) in [5.74, 6) is 1.84. The number of hydrogen-bond acceptors (Lipinski definition) is 3. The maximum absolute atomic E-state index is 5.85. The first-order valence-electron chi connectivity index (χ1n) is 7.91. The lowest BCUT2D eigenvalue weighted by Crippen LogP contribution is -2.14. The summed E-state index contributed by atoms with van der Waals surface area (Å²) in [6.45, 7) is 1.40. The predicted molar refractivity (Wildman–Crippen MR) is 81.4 cm³/mol. The molecule has 2 aromatic rings. The van der Waals surface area contributed by atoms with E-state index in [1.54, 1.807) is 0 Å². The van der Waals surface area contributed by atoms with Gasteiger partial charge in [0.1, 0.15) is 18.1 Å². The van der Waals surface area contributed by atoms with Gasteiger partial charge in [0, 0.05) is 18.2 Å². The van der Waals surface area contributed by atoms with Crippen LogP contribution in [0.3, 0.4) is 0 Å². The fraction of sp³-hybridized carbons (Fsp3) is 0.444. The standard InChI is InChI=1S/C18H21NO2/c1-2-14-4-7-17(9-15(14)3-1)21-12-18-8-13(11-20-18)10-19-16-5-6-16/h4,7-9,11,16,19H,1-3,5-6,10,12H2. The number of fused-ring (bicyclic) bond motifs is 1. The molecule has 0 aliphatic heterocycles. The Bertz CT molecular complexity index is 628. The number of ether oxygens (including phenoxy) is 1. The van der Waals surface area contributed by atoms with E-state index in [0.29, 0.717) is 6.61 Å².